The van der Waals surface area contributed by atoms with Gasteiger partial charge in [-0.3, -0.25) is 0 Å². The van der Waals surface area contributed by atoms with Crippen LogP contribution in [0.3, 0.4) is 0 Å². The molecule has 2 aromatic rings. The molecule has 0 saturated heterocycles. The monoisotopic (exact) mass is 357 g/mol. The Labute approximate surface area is 156 Å². The van der Waals surface area contributed by atoms with Crippen molar-refractivity contribution in [1.82, 2.24) is 4.98 Å². The summed E-state index contributed by atoms with van der Waals surface area (Å²) in [5.74, 6) is -0.188. The molecule has 1 heterocycles. The maximum atomic E-state index is 11.0. The summed E-state index contributed by atoms with van der Waals surface area (Å²) in [5.41, 5.74) is 0.743. The van der Waals surface area contributed by atoms with Crippen LogP contribution in [0.15, 0.2) is 30.3 Å². The van der Waals surface area contributed by atoms with Crippen molar-refractivity contribution in [2.75, 3.05) is 6.61 Å². The molecule has 4 nitrogen and oxygen atoms in total. The summed E-state index contributed by atoms with van der Waals surface area (Å²) in [6.45, 7) is 2.98. The normalized spacial score (nSPS) is 11.0. The van der Waals surface area contributed by atoms with Crippen molar-refractivity contribution >= 4 is 16.9 Å². The summed E-state index contributed by atoms with van der Waals surface area (Å²) in [7, 11) is 0. The Bertz CT molecular complexity index is 684. The maximum Gasteiger partial charge on any atom is 0.354 e. The van der Waals surface area contributed by atoms with Crippen molar-refractivity contribution in [3.63, 3.8) is 0 Å². The molecule has 0 bridgehead atoms. The van der Waals surface area contributed by atoms with Gasteiger partial charge in [0.05, 0.1) is 12.1 Å². The van der Waals surface area contributed by atoms with E-state index in [1.165, 1.54) is 63.9 Å². The van der Waals surface area contributed by atoms with Gasteiger partial charge in [-0.1, -0.05) is 70.8 Å². The average Bonchev–Trinajstić information content (AvgIpc) is 2.65. The molecule has 0 fully saturated rings. The number of pyridine rings is 1. The summed E-state index contributed by atoms with van der Waals surface area (Å²) in [6, 6.07) is 8.90. The molecule has 0 unspecified atom stereocenters. The second-order valence-corrected chi connectivity index (χ2v) is 6.89. The number of benzene rings is 1. The Morgan fingerprint density at radius 1 is 0.923 bits per heavy atom. The topological polar surface area (TPSA) is 59.4 Å². The van der Waals surface area contributed by atoms with Crippen molar-refractivity contribution in [2.45, 2.75) is 71.1 Å². The van der Waals surface area contributed by atoms with Crippen LogP contribution in [-0.4, -0.2) is 22.7 Å². The summed E-state index contributed by atoms with van der Waals surface area (Å²) in [5, 5.41) is 9.88. The predicted molar refractivity (Wildman–Crippen MR) is 106 cm³/mol. The van der Waals surface area contributed by atoms with E-state index in [9.17, 15) is 4.79 Å². The Hall–Kier alpha value is -2.10. The first kappa shape index (κ1) is 20.2. The molecule has 0 radical (unpaired) electrons. The SMILES string of the molecule is CCCCCCCCCCCCOc1ccc2nc(C(=O)O)ccc2c1. The minimum absolute atomic E-state index is 0.0662. The van der Waals surface area contributed by atoms with Gasteiger partial charge in [0.2, 0.25) is 0 Å². The first-order chi connectivity index (χ1) is 12.7. The number of ether oxygens (including phenoxy) is 1. The van der Waals surface area contributed by atoms with Gasteiger partial charge in [0.15, 0.2) is 0 Å². The first-order valence-corrected chi connectivity index (χ1v) is 9.97. The van der Waals surface area contributed by atoms with Gasteiger partial charge in [-0.15, -0.1) is 0 Å². The lowest BCUT2D eigenvalue weighted by Gasteiger charge is -2.07. The van der Waals surface area contributed by atoms with Crippen molar-refractivity contribution in [2.24, 2.45) is 0 Å². The van der Waals surface area contributed by atoms with Crippen molar-refractivity contribution in [3.05, 3.63) is 36.0 Å². The molecule has 142 valence electrons. The van der Waals surface area contributed by atoms with E-state index in [-0.39, 0.29) is 5.69 Å². The Balaban J connectivity index is 1.61. The van der Waals surface area contributed by atoms with Crippen molar-refractivity contribution in [1.29, 1.82) is 0 Å². The zero-order valence-corrected chi connectivity index (χ0v) is 15.9. The fourth-order valence-electron chi connectivity index (χ4n) is 3.09. The lowest BCUT2D eigenvalue weighted by Crippen LogP contribution is -2.00. The smallest absolute Gasteiger partial charge is 0.354 e. The van der Waals surface area contributed by atoms with Gasteiger partial charge in [0, 0.05) is 5.39 Å². The molecule has 1 aromatic carbocycles. The van der Waals surface area contributed by atoms with Crippen LogP contribution in [0.4, 0.5) is 0 Å². The zero-order chi connectivity index (χ0) is 18.6. The molecule has 26 heavy (non-hydrogen) atoms. The quantitative estimate of drug-likeness (QED) is 0.431. The van der Waals surface area contributed by atoms with Gasteiger partial charge in [-0.05, 0) is 30.7 Å². The molecule has 0 spiro atoms. The average molecular weight is 357 g/mol. The number of unbranched alkanes of at least 4 members (excludes halogenated alkanes) is 9. The maximum absolute atomic E-state index is 11.0. The molecule has 0 saturated carbocycles. The molecule has 0 aliphatic rings. The number of hydrogen-bond donors (Lipinski definition) is 1. The Morgan fingerprint density at radius 2 is 1.58 bits per heavy atom. The number of carboxylic acids is 1. The molecule has 4 heteroatoms. The number of aromatic carboxylic acids is 1. The fourth-order valence-corrected chi connectivity index (χ4v) is 3.09. The van der Waals surface area contributed by atoms with Crippen LogP contribution in [0.2, 0.25) is 0 Å². The Kier molecular flexibility index (Phi) is 8.94. The summed E-state index contributed by atoms with van der Waals surface area (Å²) in [4.78, 5) is 15.1. The van der Waals surface area contributed by atoms with Gasteiger partial charge in [-0.2, -0.15) is 0 Å². The number of fused-ring (bicyclic) bond motifs is 1. The highest BCUT2D eigenvalue weighted by Crippen LogP contribution is 2.20. The van der Waals surface area contributed by atoms with E-state index in [0.29, 0.717) is 5.52 Å². The Morgan fingerprint density at radius 3 is 2.23 bits per heavy atom. The number of rotatable bonds is 13. The number of aromatic nitrogens is 1. The van der Waals surface area contributed by atoms with Crippen LogP contribution >= 0.6 is 0 Å². The minimum atomic E-state index is -1.01. The third kappa shape index (κ3) is 7.03. The van der Waals surface area contributed by atoms with Gasteiger partial charge in [-0.25, -0.2) is 9.78 Å². The highest BCUT2D eigenvalue weighted by atomic mass is 16.5. The third-order valence-corrected chi connectivity index (χ3v) is 4.65. The van der Waals surface area contributed by atoms with E-state index < -0.39 is 5.97 Å². The molecule has 0 atom stereocenters. The molecule has 0 amide bonds. The minimum Gasteiger partial charge on any atom is -0.494 e. The molecule has 1 N–H and O–H groups in total. The van der Waals surface area contributed by atoms with Gasteiger partial charge < -0.3 is 9.84 Å². The van der Waals surface area contributed by atoms with E-state index >= 15 is 0 Å². The summed E-state index contributed by atoms with van der Waals surface area (Å²) < 4.78 is 5.82. The molecule has 0 aliphatic carbocycles. The van der Waals surface area contributed by atoms with E-state index in [2.05, 4.69) is 11.9 Å². The number of carboxylic acid groups (broad SMARTS) is 1. The summed E-state index contributed by atoms with van der Waals surface area (Å²) >= 11 is 0. The largest absolute Gasteiger partial charge is 0.494 e. The molecule has 0 aliphatic heterocycles. The second-order valence-electron chi connectivity index (χ2n) is 6.89. The highest BCUT2D eigenvalue weighted by molar-refractivity contribution is 5.90. The first-order valence-electron chi connectivity index (χ1n) is 9.97. The van der Waals surface area contributed by atoms with E-state index in [1.807, 2.05) is 18.2 Å². The van der Waals surface area contributed by atoms with Crippen LogP contribution in [0, 0.1) is 0 Å². The van der Waals surface area contributed by atoms with Crippen molar-refractivity contribution < 1.29 is 14.6 Å². The molecule has 2 rings (SSSR count). The van der Waals surface area contributed by atoms with Gasteiger partial charge >= 0.3 is 5.97 Å². The third-order valence-electron chi connectivity index (χ3n) is 4.65. The molecule has 1 aromatic heterocycles. The molecular formula is C22H31NO3. The summed E-state index contributed by atoms with van der Waals surface area (Å²) in [6.07, 6.45) is 13.1. The number of nitrogens with zero attached hydrogens (tertiary/aromatic N) is 1. The highest BCUT2D eigenvalue weighted by Gasteiger charge is 2.06. The standard InChI is InChI=1S/C22H31NO3/c1-2-3-4-5-6-7-8-9-10-11-16-26-19-13-15-20-18(17-19)12-14-21(23-20)22(24)25/h12-15,17H,2-11,16H2,1H3,(H,24,25). The molecular weight excluding hydrogens is 326 g/mol. The van der Waals surface area contributed by atoms with Crippen LogP contribution in [0.5, 0.6) is 5.75 Å². The lowest BCUT2D eigenvalue weighted by molar-refractivity contribution is 0.0691. The fraction of sp³-hybridized carbons (Fsp3) is 0.545. The van der Waals surface area contributed by atoms with Crippen LogP contribution in [0.25, 0.3) is 10.9 Å². The van der Waals surface area contributed by atoms with E-state index in [0.717, 1.165) is 24.2 Å². The van der Waals surface area contributed by atoms with Crippen LogP contribution in [-0.2, 0) is 0 Å². The second kappa shape index (κ2) is 11.5. The van der Waals surface area contributed by atoms with E-state index in [4.69, 9.17) is 9.84 Å². The number of carbonyl (C=O) groups is 1. The van der Waals surface area contributed by atoms with Gasteiger partial charge in [0.25, 0.3) is 0 Å². The van der Waals surface area contributed by atoms with Crippen LogP contribution in [0.1, 0.15) is 81.6 Å². The van der Waals surface area contributed by atoms with Gasteiger partial charge in [0.1, 0.15) is 11.4 Å². The van der Waals surface area contributed by atoms with E-state index in [1.54, 1.807) is 6.07 Å². The lowest BCUT2D eigenvalue weighted by atomic mass is 10.1. The zero-order valence-electron chi connectivity index (χ0n) is 15.9. The number of hydrogen-bond acceptors (Lipinski definition) is 3. The van der Waals surface area contributed by atoms with Crippen LogP contribution < -0.4 is 4.74 Å². The van der Waals surface area contributed by atoms with Crippen molar-refractivity contribution in [3.8, 4) is 5.75 Å². The predicted octanol–water partition coefficient (Wildman–Crippen LogP) is 6.23.